The van der Waals surface area contributed by atoms with Gasteiger partial charge >= 0.3 is 5.97 Å². The summed E-state index contributed by atoms with van der Waals surface area (Å²) in [4.78, 5) is 23.6. The summed E-state index contributed by atoms with van der Waals surface area (Å²) in [5.74, 6) is 1.92. The minimum Gasteiger partial charge on any atom is -0.462 e. The van der Waals surface area contributed by atoms with Gasteiger partial charge in [-0.25, -0.2) is 0 Å². The minimum atomic E-state index is -0.146. The Hall–Kier alpha value is -0.830. The van der Waals surface area contributed by atoms with Gasteiger partial charge in [-0.15, -0.1) is 0 Å². The Kier molecular flexibility index (Phi) is 4.10. The van der Waals surface area contributed by atoms with Gasteiger partial charge in [0.25, 0.3) is 0 Å². The molecule has 0 saturated heterocycles. The number of esters is 1. The number of hydrogen-bond donors (Lipinski definition) is 0. The summed E-state index contributed by atoms with van der Waals surface area (Å²) in [5, 5.41) is 0.546. The van der Waals surface area contributed by atoms with Crippen LogP contribution in [0.4, 0.5) is 0 Å². The van der Waals surface area contributed by atoms with Crippen LogP contribution >= 0.6 is 11.6 Å². The van der Waals surface area contributed by atoms with Crippen molar-refractivity contribution in [1.29, 1.82) is 0 Å². The molecule has 0 unspecified atom stereocenters. The number of hydrogen-bond acceptors (Lipinski definition) is 3. The van der Waals surface area contributed by atoms with Crippen LogP contribution < -0.4 is 0 Å². The number of allylic oxidation sites excluding steroid dienone is 1. The van der Waals surface area contributed by atoms with Gasteiger partial charge in [0.2, 0.25) is 0 Å². The summed E-state index contributed by atoms with van der Waals surface area (Å²) >= 11 is 6.45. The summed E-state index contributed by atoms with van der Waals surface area (Å²) in [6.45, 7) is 6.23. The molecule has 4 rings (SSSR count). The predicted molar refractivity (Wildman–Crippen MR) is 97.1 cm³/mol. The third kappa shape index (κ3) is 2.44. The van der Waals surface area contributed by atoms with E-state index in [-0.39, 0.29) is 28.7 Å². The fourth-order valence-corrected chi connectivity index (χ4v) is 7.40. The van der Waals surface area contributed by atoms with Gasteiger partial charge in [0, 0.05) is 18.8 Å². The Morgan fingerprint density at radius 2 is 1.84 bits per heavy atom. The Morgan fingerprint density at radius 3 is 2.56 bits per heavy atom. The second-order valence-corrected chi connectivity index (χ2v) is 9.65. The molecule has 4 aliphatic rings. The summed E-state index contributed by atoms with van der Waals surface area (Å²) in [6.07, 6.45) is 8.17. The van der Waals surface area contributed by atoms with Crippen LogP contribution in [0.1, 0.15) is 72.1 Å². The lowest BCUT2D eigenvalue weighted by atomic mass is 9.47. The molecule has 0 spiro atoms. The number of ketones is 1. The van der Waals surface area contributed by atoms with Crippen LogP contribution in [0.5, 0.6) is 0 Å². The van der Waals surface area contributed by atoms with E-state index in [9.17, 15) is 9.59 Å². The molecular formula is C21H29ClO3. The second kappa shape index (κ2) is 5.84. The van der Waals surface area contributed by atoms with Crippen LogP contribution in [0, 0.1) is 28.6 Å². The van der Waals surface area contributed by atoms with Gasteiger partial charge in [-0.05, 0) is 73.7 Å². The van der Waals surface area contributed by atoms with E-state index in [1.165, 1.54) is 12.5 Å². The zero-order valence-electron chi connectivity index (χ0n) is 15.6. The first kappa shape index (κ1) is 17.6. The van der Waals surface area contributed by atoms with E-state index >= 15 is 0 Å². The molecule has 4 aliphatic carbocycles. The molecule has 6 atom stereocenters. The number of ether oxygens (including phenoxy) is 1. The third-order valence-corrected chi connectivity index (χ3v) is 8.71. The molecule has 3 nitrogen and oxygen atoms in total. The lowest BCUT2D eigenvalue weighted by Gasteiger charge is -2.58. The maximum absolute atomic E-state index is 12.1. The number of carbonyl (C=O) groups is 2. The van der Waals surface area contributed by atoms with E-state index in [4.69, 9.17) is 16.3 Å². The molecule has 3 saturated carbocycles. The Bertz CT molecular complexity index is 654. The highest BCUT2D eigenvalue weighted by atomic mass is 35.5. The monoisotopic (exact) mass is 364 g/mol. The van der Waals surface area contributed by atoms with Crippen molar-refractivity contribution in [2.75, 3.05) is 0 Å². The average molecular weight is 365 g/mol. The first-order valence-electron chi connectivity index (χ1n) is 9.87. The maximum atomic E-state index is 12.1. The number of rotatable bonds is 1. The van der Waals surface area contributed by atoms with Gasteiger partial charge in [0.05, 0.1) is 5.03 Å². The first-order valence-corrected chi connectivity index (χ1v) is 10.2. The molecule has 3 fully saturated rings. The van der Waals surface area contributed by atoms with Crippen LogP contribution in [0.25, 0.3) is 0 Å². The molecule has 0 aromatic rings. The van der Waals surface area contributed by atoms with Crippen LogP contribution in [-0.2, 0) is 14.3 Å². The number of carbonyl (C=O) groups excluding carboxylic acids is 2. The highest BCUT2D eigenvalue weighted by Crippen LogP contribution is 2.66. The van der Waals surface area contributed by atoms with Crippen molar-refractivity contribution in [3.05, 3.63) is 10.6 Å². The molecule has 0 aliphatic heterocycles. The first-order chi connectivity index (χ1) is 11.8. The molecule has 25 heavy (non-hydrogen) atoms. The van der Waals surface area contributed by atoms with Crippen LogP contribution in [0.2, 0.25) is 0 Å². The number of Topliss-reactive ketones (excluding diaryl/α,β-unsaturated/α-hetero) is 1. The van der Waals surface area contributed by atoms with E-state index in [0.29, 0.717) is 29.2 Å². The van der Waals surface area contributed by atoms with E-state index in [1.807, 2.05) is 0 Å². The van der Waals surface area contributed by atoms with E-state index in [1.54, 1.807) is 0 Å². The molecule has 0 aromatic heterocycles. The molecule has 138 valence electrons. The second-order valence-electron chi connectivity index (χ2n) is 9.27. The molecule has 0 radical (unpaired) electrons. The standard InChI is InChI=1S/C21H29ClO3/c1-12(23)25-18-7-6-14-13-4-5-16-19(22)17(24)9-11-20(16,2)15(13)8-10-21(14,18)3/h13-15,18H,4-11H2,1-3H3/t13-,14-,15+,18+,20+,21-/m0/s1. The van der Waals surface area contributed by atoms with Crippen LogP contribution in [-0.4, -0.2) is 17.9 Å². The molecule has 0 amide bonds. The molecular weight excluding hydrogens is 336 g/mol. The van der Waals surface area contributed by atoms with Crippen molar-refractivity contribution >= 4 is 23.4 Å². The van der Waals surface area contributed by atoms with Gasteiger partial charge in [-0.2, -0.15) is 0 Å². The minimum absolute atomic E-state index is 0.0808. The quantitative estimate of drug-likeness (QED) is 0.614. The van der Waals surface area contributed by atoms with Crippen LogP contribution in [0.15, 0.2) is 10.6 Å². The maximum Gasteiger partial charge on any atom is 0.302 e. The van der Waals surface area contributed by atoms with E-state index < -0.39 is 0 Å². The predicted octanol–water partition coefficient (Wildman–Crippen LogP) is 5.02. The lowest BCUT2D eigenvalue weighted by molar-refractivity contribution is -0.157. The van der Waals surface area contributed by atoms with E-state index in [0.717, 1.165) is 44.9 Å². The van der Waals surface area contributed by atoms with Gasteiger partial charge in [-0.3, -0.25) is 9.59 Å². The molecule has 0 aromatic carbocycles. The van der Waals surface area contributed by atoms with Crippen molar-refractivity contribution in [2.45, 2.75) is 78.2 Å². The number of halogens is 1. The smallest absolute Gasteiger partial charge is 0.302 e. The fraction of sp³-hybridized carbons (Fsp3) is 0.810. The van der Waals surface area contributed by atoms with Gasteiger partial charge in [0.1, 0.15) is 6.10 Å². The summed E-state index contributed by atoms with van der Waals surface area (Å²) < 4.78 is 5.71. The van der Waals surface area contributed by atoms with Gasteiger partial charge in [0.15, 0.2) is 5.78 Å². The Morgan fingerprint density at radius 1 is 1.08 bits per heavy atom. The fourth-order valence-electron chi connectivity index (χ4n) is 7.00. The van der Waals surface area contributed by atoms with Crippen LogP contribution in [0.3, 0.4) is 0 Å². The van der Waals surface area contributed by atoms with Gasteiger partial charge < -0.3 is 4.74 Å². The Balaban J connectivity index is 1.65. The van der Waals surface area contributed by atoms with Crippen molar-refractivity contribution in [1.82, 2.24) is 0 Å². The molecule has 4 heteroatoms. The molecule has 0 bridgehead atoms. The highest BCUT2D eigenvalue weighted by molar-refractivity contribution is 6.43. The van der Waals surface area contributed by atoms with E-state index in [2.05, 4.69) is 13.8 Å². The number of fused-ring (bicyclic) bond motifs is 5. The summed E-state index contributed by atoms with van der Waals surface area (Å²) in [6, 6.07) is 0. The van der Waals surface area contributed by atoms with Gasteiger partial charge in [-0.1, -0.05) is 25.4 Å². The normalized spacial score (nSPS) is 46.3. The third-order valence-electron chi connectivity index (χ3n) is 8.27. The average Bonchev–Trinajstić information content (AvgIpc) is 2.88. The largest absolute Gasteiger partial charge is 0.462 e. The molecule has 0 N–H and O–H groups in total. The van der Waals surface area contributed by atoms with Crippen molar-refractivity contribution in [2.24, 2.45) is 28.6 Å². The van der Waals surface area contributed by atoms with Crippen molar-refractivity contribution < 1.29 is 14.3 Å². The topological polar surface area (TPSA) is 43.4 Å². The summed E-state index contributed by atoms with van der Waals surface area (Å²) in [7, 11) is 0. The summed E-state index contributed by atoms with van der Waals surface area (Å²) in [5.41, 5.74) is 1.46. The molecule has 0 heterocycles. The SMILES string of the molecule is CC(=O)O[C@@H]1CC[C@H]2[C@@H]3CCC4=C(Cl)C(=O)CC[C@]4(C)[C@@H]3CC[C@]12C. The zero-order chi connectivity index (χ0) is 18.0. The van der Waals surface area contributed by atoms with Crippen molar-refractivity contribution in [3.63, 3.8) is 0 Å². The Labute approximate surface area is 155 Å². The lowest BCUT2D eigenvalue weighted by Crippen LogP contribution is -2.52. The van der Waals surface area contributed by atoms with Crippen molar-refractivity contribution in [3.8, 4) is 0 Å². The highest BCUT2D eigenvalue weighted by Gasteiger charge is 2.60. The zero-order valence-corrected chi connectivity index (χ0v) is 16.3.